The van der Waals surface area contributed by atoms with Crippen molar-refractivity contribution in [3.63, 3.8) is 0 Å². The molecule has 23 heavy (non-hydrogen) atoms. The monoisotopic (exact) mass is 311 g/mol. The molecule has 0 saturated heterocycles. The van der Waals surface area contributed by atoms with Crippen LogP contribution in [0.5, 0.6) is 0 Å². The van der Waals surface area contributed by atoms with Crippen molar-refractivity contribution in [2.45, 2.75) is 12.5 Å². The summed E-state index contributed by atoms with van der Waals surface area (Å²) in [5, 5.41) is 11.5. The van der Waals surface area contributed by atoms with E-state index >= 15 is 0 Å². The number of cyclic esters (lactones) is 1. The Hall–Kier alpha value is -3.15. The van der Waals surface area contributed by atoms with E-state index in [1.807, 2.05) is 0 Å². The summed E-state index contributed by atoms with van der Waals surface area (Å²) in [5.41, 5.74) is 1.62. The van der Waals surface area contributed by atoms with E-state index in [1.54, 1.807) is 30.3 Å². The minimum atomic E-state index is -1.08. The molecule has 3 rings (SSSR count). The Labute approximate surface area is 131 Å². The van der Waals surface area contributed by atoms with Crippen LogP contribution in [-0.2, 0) is 16.0 Å². The van der Waals surface area contributed by atoms with Gasteiger partial charge in [0.25, 0.3) is 5.91 Å². The molecule has 1 aliphatic rings. The first-order valence-electron chi connectivity index (χ1n) is 6.97. The van der Waals surface area contributed by atoms with Gasteiger partial charge in [0, 0.05) is 12.1 Å². The van der Waals surface area contributed by atoms with E-state index in [9.17, 15) is 14.4 Å². The second-order valence-corrected chi connectivity index (χ2v) is 5.13. The summed E-state index contributed by atoms with van der Waals surface area (Å²) in [6.45, 7) is 0. The smallest absolute Gasteiger partial charge is 0.339 e. The number of hydrogen-bond donors (Lipinski definition) is 2. The number of hydrogen-bond acceptors (Lipinski definition) is 4. The van der Waals surface area contributed by atoms with Crippen LogP contribution in [0.15, 0.2) is 48.5 Å². The summed E-state index contributed by atoms with van der Waals surface area (Å²) in [6, 6.07) is 12.8. The summed E-state index contributed by atoms with van der Waals surface area (Å²) in [5.74, 6) is -2.11. The number of esters is 1. The Morgan fingerprint density at radius 2 is 1.91 bits per heavy atom. The van der Waals surface area contributed by atoms with Crippen LogP contribution in [0.1, 0.15) is 26.3 Å². The second-order valence-electron chi connectivity index (χ2n) is 5.13. The van der Waals surface area contributed by atoms with E-state index in [0.717, 1.165) is 5.56 Å². The summed E-state index contributed by atoms with van der Waals surface area (Å²) < 4.78 is 5.16. The Morgan fingerprint density at radius 1 is 1.13 bits per heavy atom. The van der Waals surface area contributed by atoms with Gasteiger partial charge in [-0.3, -0.25) is 4.79 Å². The summed E-state index contributed by atoms with van der Waals surface area (Å²) >= 11 is 0. The Balaban J connectivity index is 1.76. The highest BCUT2D eigenvalue weighted by molar-refractivity contribution is 6.00. The third kappa shape index (κ3) is 3.06. The Morgan fingerprint density at radius 3 is 2.70 bits per heavy atom. The third-order valence-corrected chi connectivity index (χ3v) is 3.56. The number of ether oxygens (including phenoxy) is 1. The maximum Gasteiger partial charge on any atom is 0.339 e. The van der Waals surface area contributed by atoms with E-state index in [1.165, 1.54) is 18.2 Å². The summed E-state index contributed by atoms with van der Waals surface area (Å²) in [7, 11) is 0. The Bertz CT molecular complexity index is 799. The van der Waals surface area contributed by atoms with Crippen molar-refractivity contribution in [1.82, 2.24) is 0 Å². The van der Waals surface area contributed by atoms with Crippen molar-refractivity contribution in [2.24, 2.45) is 0 Å². The van der Waals surface area contributed by atoms with Gasteiger partial charge in [0.1, 0.15) is 0 Å². The molecule has 116 valence electrons. The molecule has 0 spiro atoms. The maximum atomic E-state index is 12.3. The van der Waals surface area contributed by atoms with Crippen molar-refractivity contribution < 1.29 is 24.2 Å². The fourth-order valence-corrected chi connectivity index (χ4v) is 2.43. The van der Waals surface area contributed by atoms with Gasteiger partial charge in [-0.1, -0.05) is 24.3 Å². The molecule has 1 heterocycles. The van der Waals surface area contributed by atoms with Crippen LogP contribution in [0.2, 0.25) is 0 Å². The number of carbonyl (C=O) groups is 3. The topological polar surface area (TPSA) is 92.7 Å². The highest BCUT2D eigenvalue weighted by Gasteiger charge is 2.31. The van der Waals surface area contributed by atoms with Crippen LogP contribution in [0, 0.1) is 0 Å². The van der Waals surface area contributed by atoms with Gasteiger partial charge >= 0.3 is 11.9 Å². The van der Waals surface area contributed by atoms with Crippen molar-refractivity contribution in [2.75, 3.05) is 5.32 Å². The number of aromatic carboxylic acids is 1. The zero-order chi connectivity index (χ0) is 16.4. The fourth-order valence-electron chi connectivity index (χ4n) is 2.43. The molecule has 0 bridgehead atoms. The minimum Gasteiger partial charge on any atom is -0.478 e. The van der Waals surface area contributed by atoms with E-state index in [0.29, 0.717) is 11.3 Å². The lowest BCUT2D eigenvalue weighted by Crippen LogP contribution is -2.38. The minimum absolute atomic E-state index is 0.0637. The molecule has 0 unspecified atom stereocenters. The van der Waals surface area contributed by atoms with E-state index in [4.69, 9.17) is 9.84 Å². The molecule has 2 aromatic rings. The van der Waals surface area contributed by atoms with Crippen LogP contribution in [0.25, 0.3) is 0 Å². The largest absolute Gasteiger partial charge is 0.478 e. The summed E-state index contributed by atoms with van der Waals surface area (Å²) in [6.07, 6.45) is -0.655. The van der Waals surface area contributed by atoms with Crippen molar-refractivity contribution >= 4 is 23.5 Å². The quantitative estimate of drug-likeness (QED) is 0.847. The van der Waals surface area contributed by atoms with Crippen molar-refractivity contribution in [3.8, 4) is 0 Å². The molecule has 6 heteroatoms. The average Bonchev–Trinajstić information content (AvgIpc) is 2.55. The van der Waals surface area contributed by atoms with Crippen LogP contribution < -0.4 is 5.32 Å². The maximum absolute atomic E-state index is 12.3. The van der Waals surface area contributed by atoms with Gasteiger partial charge < -0.3 is 15.2 Å². The molecule has 0 aromatic heterocycles. The van der Waals surface area contributed by atoms with E-state index in [2.05, 4.69) is 5.32 Å². The average molecular weight is 311 g/mol. The van der Waals surface area contributed by atoms with Gasteiger partial charge in [-0.25, -0.2) is 9.59 Å². The zero-order valence-electron chi connectivity index (χ0n) is 12.0. The molecule has 0 radical (unpaired) electrons. The first-order valence-corrected chi connectivity index (χ1v) is 6.97. The number of nitrogens with one attached hydrogen (secondary N) is 1. The first-order chi connectivity index (χ1) is 11.0. The number of fused-ring (bicyclic) bond motifs is 1. The molecule has 2 N–H and O–H groups in total. The van der Waals surface area contributed by atoms with E-state index in [-0.39, 0.29) is 12.0 Å². The summed E-state index contributed by atoms with van der Waals surface area (Å²) in [4.78, 5) is 35.1. The van der Waals surface area contributed by atoms with Gasteiger partial charge in [-0.15, -0.1) is 0 Å². The molecule has 1 amide bonds. The van der Waals surface area contributed by atoms with Crippen LogP contribution >= 0.6 is 0 Å². The molecule has 0 aliphatic carbocycles. The number of carboxylic acids is 1. The highest BCUT2D eigenvalue weighted by Crippen LogP contribution is 2.21. The fraction of sp³-hybridized carbons (Fsp3) is 0.118. The lowest BCUT2D eigenvalue weighted by molar-refractivity contribution is -0.125. The molecule has 6 nitrogen and oxygen atoms in total. The molecule has 0 fully saturated rings. The van der Waals surface area contributed by atoms with Gasteiger partial charge in [0.2, 0.25) is 0 Å². The number of amides is 1. The Kier molecular flexibility index (Phi) is 3.80. The molecule has 2 aromatic carbocycles. The van der Waals surface area contributed by atoms with Gasteiger partial charge in [-0.05, 0) is 29.8 Å². The van der Waals surface area contributed by atoms with Crippen molar-refractivity contribution in [3.05, 3.63) is 65.2 Å². The molecule has 1 atom stereocenters. The standard InChI is InChI=1S/C17H13NO5/c19-15(18-12-6-3-5-11(8-12)16(20)21)14-9-10-4-1-2-7-13(10)17(22)23-14/h1-8,14H,9H2,(H,18,19)(H,20,21)/t14-/m0/s1. The zero-order valence-corrected chi connectivity index (χ0v) is 12.0. The number of carboxylic acid groups (broad SMARTS) is 1. The van der Waals surface area contributed by atoms with Crippen LogP contribution in [0.3, 0.4) is 0 Å². The SMILES string of the molecule is O=C(O)c1cccc(NC(=O)[C@@H]2Cc3ccccc3C(=O)O2)c1. The lowest BCUT2D eigenvalue weighted by Gasteiger charge is -2.23. The molecule has 1 aliphatic heterocycles. The highest BCUT2D eigenvalue weighted by atomic mass is 16.5. The number of rotatable bonds is 3. The van der Waals surface area contributed by atoms with E-state index < -0.39 is 23.9 Å². The number of anilines is 1. The predicted octanol–water partition coefficient (Wildman–Crippen LogP) is 2.10. The predicted molar refractivity (Wildman–Crippen MR) is 81.4 cm³/mol. The number of benzene rings is 2. The van der Waals surface area contributed by atoms with Crippen molar-refractivity contribution in [1.29, 1.82) is 0 Å². The lowest BCUT2D eigenvalue weighted by atomic mass is 9.98. The third-order valence-electron chi connectivity index (χ3n) is 3.56. The molecule has 0 saturated carbocycles. The van der Waals surface area contributed by atoms with Gasteiger partial charge in [0.05, 0.1) is 11.1 Å². The molecular weight excluding hydrogens is 298 g/mol. The van der Waals surface area contributed by atoms with Crippen LogP contribution in [-0.4, -0.2) is 29.1 Å². The number of carbonyl (C=O) groups excluding carboxylic acids is 2. The van der Waals surface area contributed by atoms with Gasteiger partial charge in [0.15, 0.2) is 6.10 Å². The van der Waals surface area contributed by atoms with Crippen LogP contribution in [0.4, 0.5) is 5.69 Å². The second kappa shape index (κ2) is 5.92. The normalized spacial score (nSPS) is 16.2. The molecular formula is C17H13NO5. The first kappa shape index (κ1) is 14.8. The van der Waals surface area contributed by atoms with Gasteiger partial charge in [-0.2, -0.15) is 0 Å².